The van der Waals surface area contributed by atoms with E-state index in [9.17, 15) is 4.79 Å². The molecule has 0 bridgehead atoms. The van der Waals surface area contributed by atoms with Crippen LogP contribution in [0.5, 0.6) is 0 Å². The second-order valence-electron chi connectivity index (χ2n) is 1.94. The van der Waals surface area contributed by atoms with Gasteiger partial charge in [0, 0.05) is 6.42 Å². The van der Waals surface area contributed by atoms with E-state index in [-0.39, 0.29) is 5.97 Å². The minimum atomic E-state index is -0.141. The second kappa shape index (κ2) is 6.33. The number of carbonyl (C=O) groups is 1. The molecular weight excluding hydrogens is 128 g/mol. The van der Waals surface area contributed by atoms with Crippen LogP contribution in [0.25, 0.3) is 0 Å². The van der Waals surface area contributed by atoms with Gasteiger partial charge in [-0.1, -0.05) is 12.2 Å². The molecule has 0 rings (SSSR count). The molecule has 2 heteroatoms. The molecule has 0 aliphatic carbocycles. The Balaban J connectivity index is 3.11. The van der Waals surface area contributed by atoms with Gasteiger partial charge in [0.25, 0.3) is 0 Å². The summed E-state index contributed by atoms with van der Waals surface area (Å²) in [6.45, 7) is 3.53. The zero-order valence-corrected chi connectivity index (χ0v) is 6.30. The van der Waals surface area contributed by atoms with E-state index in [2.05, 4.69) is 11.7 Å². The lowest BCUT2D eigenvalue weighted by atomic mass is 10.2. The van der Waals surface area contributed by atoms with E-state index in [4.69, 9.17) is 0 Å². The maximum atomic E-state index is 10.5. The third-order valence-corrected chi connectivity index (χ3v) is 1.15. The van der Waals surface area contributed by atoms with Crippen LogP contribution in [-0.2, 0) is 9.53 Å². The molecule has 0 aliphatic heterocycles. The number of allylic oxidation sites excluding steroid dienone is 2. The number of esters is 1. The van der Waals surface area contributed by atoms with Crippen LogP contribution in [0.3, 0.4) is 0 Å². The van der Waals surface area contributed by atoms with E-state index >= 15 is 0 Å². The van der Waals surface area contributed by atoms with Crippen molar-refractivity contribution in [2.24, 2.45) is 0 Å². The van der Waals surface area contributed by atoms with Crippen molar-refractivity contribution >= 4 is 5.97 Å². The molecule has 0 heterocycles. The fourth-order valence-corrected chi connectivity index (χ4v) is 0.584. The molecule has 0 aliphatic rings. The molecule has 0 aromatic rings. The van der Waals surface area contributed by atoms with Crippen molar-refractivity contribution in [3.63, 3.8) is 0 Å². The highest BCUT2D eigenvalue weighted by atomic mass is 16.5. The standard InChI is InChI=1S/C8H13O2/c1-3-4-5-6-7-8(9)10-2/h3-4H,1,5-7H2,2H3/b4-3-. The number of ether oxygens (including phenoxy) is 1. The molecule has 0 saturated heterocycles. The fourth-order valence-electron chi connectivity index (χ4n) is 0.584. The van der Waals surface area contributed by atoms with Crippen LogP contribution in [0.4, 0.5) is 0 Å². The van der Waals surface area contributed by atoms with Crippen LogP contribution in [0.1, 0.15) is 19.3 Å². The maximum Gasteiger partial charge on any atom is 0.305 e. The fraction of sp³-hybridized carbons (Fsp3) is 0.500. The summed E-state index contributed by atoms with van der Waals surface area (Å²) in [6, 6.07) is 0. The molecule has 10 heavy (non-hydrogen) atoms. The zero-order chi connectivity index (χ0) is 7.82. The molecule has 1 radical (unpaired) electrons. The Kier molecular flexibility index (Phi) is 5.83. The highest BCUT2D eigenvalue weighted by Gasteiger charge is 1.96. The summed E-state index contributed by atoms with van der Waals surface area (Å²) in [4.78, 5) is 10.5. The van der Waals surface area contributed by atoms with Gasteiger partial charge in [0.15, 0.2) is 0 Å². The number of hydrogen-bond donors (Lipinski definition) is 0. The van der Waals surface area contributed by atoms with Gasteiger partial charge in [-0.3, -0.25) is 4.79 Å². The summed E-state index contributed by atoms with van der Waals surface area (Å²) in [6.07, 6.45) is 5.92. The molecule has 0 aromatic heterocycles. The Morgan fingerprint density at radius 2 is 2.40 bits per heavy atom. The summed E-state index contributed by atoms with van der Waals surface area (Å²) in [5, 5.41) is 0. The zero-order valence-electron chi connectivity index (χ0n) is 6.30. The Morgan fingerprint density at radius 1 is 1.70 bits per heavy atom. The highest BCUT2D eigenvalue weighted by molar-refractivity contribution is 5.68. The summed E-state index contributed by atoms with van der Waals surface area (Å²) in [5.74, 6) is -0.141. The van der Waals surface area contributed by atoms with E-state index in [1.807, 2.05) is 6.08 Å². The van der Waals surface area contributed by atoms with Crippen molar-refractivity contribution in [3.8, 4) is 0 Å². The Hall–Kier alpha value is -0.790. The van der Waals surface area contributed by atoms with Crippen LogP contribution in [0.15, 0.2) is 12.2 Å². The number of carbonyl (C=O) groups excluding carboxylic acids is 1. The minimum Gasteiger partial charge on any atom is -0.469 e. The monoisotopic (exact) mass is 141 g/mol. The van der Waals surface area contributed by atoms with Crippen molar-refractivity contribution in [2.75, 3.05) is 7.11 Å². The summed E-state index contributed by atoms with van der Waals surface area (Å²) in [5.41, 5.74) is 0. The van der Waals surface area contributed by atoms with E-state index < -0.39 is 0 Å². The molecule has 0 unspecified atom stereocenters. The second-order valence-corrected chi connectivity index (χ2v) is 1.94. The van der Waals surface area contributed by atoms with Crippen LogP contribution >= 0.6 is 0 Å². The summed E-state index contributed by atoms with van der Waals surface area (Å²) >= 11 is 0. The van der Waals surface area contributed by atoms with Crippen LogP contribution in [-0.4, -0.2) is 13.1 Å². The van der Waals surface area contributed by atoms with Gasteiger partial charge < -0.3 is 4.74 Å². The third-order valence-electron chi connectivity index (χ3n) is 1.15. The lowest BCUT2D eigenvalue weighted by Gasteiger charge is -1.94. The van der Waals surface area contributed by atoms with E-state index in [1.54, 1.807) is 6.08 Å². The van der Waals surface area contributed by atoms with Crippen LogP contribution in [0, 0.1) is 6.92 Å². The van der Waals surface area contributed by atoms with E-state index in [1.165, 1.54) is 7.11 Å². The van der Waals surface area contributed by atoms with Crippen molar-refractivity contribution < 1.29 is 9.53 Å². The highest BCUT2D eigenvalue weighted by Crippen LogP contribution is 1.97. The molecule has 0 amide bonds. The first-order valence-electron chi connectivity index (χ1n) is 3.32. The van der Waals surface area contributed by atoms with Gasteiger partial charge in [0.1, 0.15) is 0 Å². The minimum absolute atomic E-state index is 0.141. The van der Waals surface area contributed by atoms with Gasteiger partial charge in [-0.25, -0.2) is 0 Å². The molecule has 0 atom stereocenters. The number of rotatable bonds is 4. The molecule has 0 fully saturated rings. The predicted molar refractivity (Wildman–Crippen MR) is 40.4 cm³/mol. The summed E-state index contributed by atoms with van der Waals surface area (Å²) < 4.78 is 4.45. The van der Waals surface area contributed by atoms with Crippen molar-refractivity contribution in [3.05, 3.63) is 19.1 Å². The van der Waals surface area contributed by atoms with Gasteiger partial charge >= 0.3 is 5.97 Å². The molecule has 0 spiro atoms. The van der Waals surface area contributed by atoms with E-state index in [0.717, 1.165) is 12.8 Å². The smallest absolute Gasteiger partial charge is 0.305 e. The van der Waals surface area contributed by atoms with Gasteiger partial charge in [-0.2, -0.15) is 0 Å². The quantitative estimate of drug-likeness (QED) is 0.440. The lowest BCUT2D eigenvalue weighted by molar-refractivity contribution is -0.140. The van der Waals surface area contributed by atoms with Crippen LogP contribution in [0.2, 0.25) is 0 Å². The lowest BCUT2D eigenvalue weighted by Crippen LogP contribution is -1.98. The molecule has 2 nitrogen and oxygen atoms in total. The topological polar surface area (TPSA) is 26.3 Å². The van der Waals surface area contributed by atoms with Crippen LogP contribution < -0.4 is 0 Å². The molecule has 57 valence electrons. The predicted octanol–water partition coefficient (Wildman–Crippen LogP) is 1.72. The van der Waals surface area contributed by atoms with Gasteiger partial charge in [-0.15, -0.1) is 0 Å². The van der Waals surface area contributed by atoms with E-state index in [0.29, 0.717) is 6.42 Å². The largest absolute Gasteiger partial charge is 0.469 e. The first-order chi connectivity index (χ1) is 4.81. The van der Waals surface area contributed by atoms with Gasteiger partial charge in [-0.05, 0) is 19.8 Å². The van der Waals surface area contributed by atoms with Gasteiger partial charge in [0.05, 0.1) is 7.11 Å². The molecule has 0 saturated carbocycles. The van der Waals surface area contributed by atoms with Gasteiger partial charge in [0.2, 0.25) is 0 Å². The summed E-state index contributed by atoms with van der Waals surface area (Å²) in [7, 11) is 1.40. The average Bonchev–Trinajstić information content (AvgIpc) is 1.98. The normalized spacial score (nSPS) is 10.2. The SMILES string of the molecule is [CH2]/C=C\CCCC(=O)OC. The number of methoxy groups -OCH3 is 1. The maximum absolute atomic E-state index is 10.5. The molecular formula is C8H13O2. The molecule has 0 N–H and O–H groups in total. The first kappa shape index (κ1) is 9.21. The molecule has 0 aromatic carbocycles. The third kappa shape index (κ3) is 5.35. The Labute approximate surface area is 61.9 Å². The van der Waals surface area contributed by atoms with Crippen molar-refractivity contribution in [1.82, 2.24) is 0 Å². The van der Waals surface area contributed by atoms with Crippen molar-refractivity contribution in [2.45, 2.75) is 19.3 Å². The number of unbranched alkanes of at least 4 members (excludes halogenated alkanes) is 1. The Morgan fingerprint density at radius 3 is 2.90 bits per heavy atom. The average molecular weight is 141 g/mol. The first-order valence-corrected chi connectivity index (χ1v) is 3.32. The number of hydrogen-bond acceptors (Lipinski definition) is 2. The van der Waals surface area contributed by atoms with Crippen molar-refractivity contribution in [1.29, 1.82) is 0 Å². The Bertz CT molecular complexity index is 116.